The first-order valence-corrected chi connectivity index (χ1v) is 6.99. The van der Waals surface area contributed by atoms with Crippen molar-refractivity contribution < 1.29 is 9.53 Å². The molecular formula is C15H22N2O2. The molecule has 1 fully saturated rings. The van der Waals surface area contributed by atoms with Gasteiger partial charge in [-0.05, 0) is 24.9 Å². The molecule has 0 spiro atoms. The van der Waals surface area contributed by atoms with E-state index in [4.69, 9.17) is 4.74 Å². The quantitative estimate of drug-likeness (QED) is 0.763. The molecule has 0 saturated carbocycles. The van der Waals surface area contributed by atoms with Gasteiger partial charge in [0.05, 0.1) is 19.3 Å². The Hall–Kier alpha value is -1.39. The zero-order chi connectivity index (χ0) is 13.3. The van der Waals surface area contributed by atoms with Crippen LogP contribution in [0.2, 0.25) is 0 Å². The molecule has 1 aromatic carbocycles. The second-order valence-electron chi connectivity index (χ2n) is 4.83. The molecule has 4 nitrogen and oxygen atoms in total. The Morgan fingerprint density at radius 2 is 2.16 bits per heavy atom. The molecule has 0 aromatic heterocycles. The molecule has 4 heteroatoms. The van der Waals surface area contributed by atoms with Gasteiger partial charge in [0.2, 0.25) is 5.91 Å². The van der Waals surface area contributed by atoms with Gasteiger partial charge in [0.15, 0.2) is 0 Å². The maximum Gasteiger partial charge on any atom is 0.237 e. The number of piperidine rings is 1. The van der Waals surface area contributed by atoms with Crippen molar-refractivity contribution in [1.82, 2.24) is 10.6 Å². The molecule has 1 atom stereocenters. The summed E-state index contributed by atoms with van der Waals surface area (Å²) in [4.78, 5) is 11.8. The fourth-order valence-corrected chi connectivity index (χ4v) is 2.21. The predicted molar refractivity (Wildman–Crippen MR) is 74.7 cm³/mol. The van der Waals surface area contributed by atoms with Crippen LogP contribution in [0.5, 0.6) is 0 Å². The molecule has 1 unspecified atom stereocenters. The van der Waals surface area contributed by atoms with Gasteiger partial charge in [0, 0.05) is 6.54 Å². The molecule has 2 rings (SSSR count). The summed E-state index contributed by atoms with van der Waals surface area (Å²) in [6.07, 6.45) is 3.25. The summed E-state index contributed by atoms with van der Waals surface area (Å²) in [5, 5.41) is 6.14. The van der Waals surface area contributed by atoms with E-state index in [0.717, 1.165) is 24.9 Å². The Labute approximate surface area is 114 Å². The SMILES string of the molecule is O=C(NCCOCc1ccccc1)C1CCCCN1. The van der Waals surface area contributed by atoms with Crippen molar-refractivity contribution in [1.29, 1.82) is 0 Å². The predicted octanol–water partition coefficient (Wildman–Crippen LogP) is 1.46. The molecular weight excluding hydrogens is 240 g/mol. The summed E-state index contributed by atoms with van der Waals surface area (Å²) in [5.41, 5.74) is 1.16. The lowest BCUT2D eigenvalue weighted by Crippen LogP contribution is -2.47. The Kier molecular flexibility index (Phi) is 5.85. The molecule has 0 radical (unpaired) electrons. The second-order valence-corrected chi connectivity index (χ2v) is 4.83. The van der Waals surface area contributed by atoms with Crippen LogP contribution in [-0.4, -0.2) is 31.6 Å². The van der Waals surface area contributed by atoms with Crippen molar-refractivity contribution in [3.8, 4) is 0 Å². The van der Waals surface area contributed by atoms with Crippen LogP contribution in [0.4, 0.5) is 0 Å². The number of carbonyl (C=O) groups is 1. The van der Waals surface area contributed by atoms with E-state index in [-0.39, 0.29) is 11.9 Å². The average molecular weight is 262 g/mol. The molecule has 1 aliphatic rings. The van der Waals surface area contributed by atoms with Crippen LogP contribution in [0.15, 0.2) is 30.3 Å². The molecule has 19 heavy (non-hydrogen) atoms. The van der Waals surface area contributed by atoms with Gasteiger partial charge in [0.1, 0.15) is 0 Å². The minimum atomic E-state index is -0.0112. The highest BCUT2D eigenvalue weighted by Gasteiger charge is 2.19. The van der Waals surface area contributed by atoms with Crippen molar-refractivity contribution in [3.63, 3.8) is 0 Å². The average Bonchev–Trinajstić information content (AvgIpc) is 2.49. The Morgan fingerprint density at radius 1 is 1.32 bits per heavy atom. The highest BCUT2D eigenvalue weighted by Crippen LogP contribution is 2.06. The molecule has 1 heterocycles. The Bertz CT molecular complexity index is 375. The minimum Gasteiger partial charge on any atom is -0.375 e. The highest BCUT2D eigenvalue weighted by molar-refractivity contribution is 5.81. The van der Waals surface area contributed by atoms with Crippen molar-refractivity contribution >= 4 is 5.91 Å². The summed E-state index contributed by atoms with van der Waals surface area (Å²) < 4.78 is 5.52. The zero-order valence-electron chi connectivity index (χ0n) is 11.2. The van der Waals surface area contributed by atoms with E-state index in [0.29, 0.717) is 19.8 Å². The van der Waals surface area contributed by atoms with E-state index in [1.165, 1.54) is 6.42 Å². The number of ether oxygens (including phenoxy) is 1. The largest absolute Gasteiger partial charge is 0.375 e. The third-order valence-corrected chi connectivity index (χ3v) is 3.28. The summed E-state index contributed by atoms with van der Waals surface area (Å²) >= 11 is 0. The van der Waals surface area contributed by atoms with E-state index in [1.807, 2.05) is 30.3 Å². The number of nitrogens with one attached hydrogen (secondary N) is 2. The summed E-state index contributed by atoms with van der Waals surface area (Å²) in [5.74, 6) is 0.100. The van der Waals surface area contributed by atoms with Crippen molar-refractivity contribution in [2.45, 2.75) is 31.9 Å². The lowest BCUT2D eigenvalue weighted by Gasteiger charge is -2.22. The first-order chi connectivity index (χ1) is 9.36. The fraction of sp³-hybridized carbons (Fsp3) is 0.533. The highest BCUT2D eigenvalue weighted by atomic mass is 16.5. The first-order valence-electron chi connectivity index (χ1n) is 6.99. The normalized spacial score (nSPS) is 19.1. The molecule has 1 amide bonds. The topological polar surface area (TPSA) is 50.4 Å². The van der Waals surface area contributed by atoms with Crippen LogP contribution < -0.4 is 10.6 Å². The number of benzene rings is 1. The van der Waals surface area contributed by atoms with E-state index in [2.05, 4.69) is 10.6 Å². The van der Waals surface area contributed by atoms with Gasteiger partial charge in [-0.15, -0.1) is 0 Å². The number of rotatable bonds is 6. The van der Waals surface area contributed by atoms with Crippen LogP contribution in [0, 0.1) is 0 Å². The Balaban J connectivity index is 1.55. The van der Waals surface area contributed by atoms with E-state index in [9.17, 15) is 4.79 Å². The molecule has 1 aliphatic heterocycles. The lowest BCUT2D eigenvalue weighted by atomic mass is 10.0. The molecule has 1 aromatic rings. The fourth-order valence-electron chi connectivity index (χ4n) is 2.21. The van der Waals surface area contributed by atoms with Crippen LogP contribution in [0.25, 0.3) is 0 Å². The van der Waals surface area contributed by atoms with Gasteiger partial charge >= 0.3 is 0 Å². The molecule has 104 valence electrons. The van der Waals surface area contributed by atoms with Crippen LogP contribution in [-0.2, 0) is 16.1 Å². The first kappa shape index (κ1) is 14.0. The second kappa shape index (κ2) is 7.92. The van der Waals surface area contributed by atoms with Gasteiger partial charge in [-0.3, -0.25) is 4.79 Å². The van der Waals surface area contributed by atoms with Crippen molar-refractivity contribution in [2.75, 3.05) is 19.7 Å². The third kappa shape index (κ3) is 5.01. The number of amides is 1. The summed E-state index contributed by atoms with van der Waals surface area (Å²) in [6.45, 7) is 2.66. The minimum absolute atomic E-state index is 0.0112. The smallest absolute Gasteiger partial charge is 0.237 e. The van der Waals surface area contributed by atoms with Gasteiger partial charge in [0.25, 0.3) is 0 Å². The maximum absolute atomic E-state index is 11.8. The monoisotopic (exact) mass is 262 g/mol. The van der Waals surface area contributed by atoms with Crippen LogP contribution >= 0.6 is 0 Å². The number of hydrogen-bond acceptors (Lipinski definition) is 3. The van der Waals surface area contributed by atoms with E-state index < -0.39 is 0 Å². The number of carbonyl (C=O) groups excluding carboxylic acids is 1. The molecule has 2 N–H and O–H groups in total. The van der Waals surface area contributed by atoms with E-state index >= 15 is 0 Å². The lowest BCUT2D eigenvalue weighted by molar-refractivity contribution is -0.123. The van der Waals surface area contributed by atoms with Crippen LogP contribution in [0.1, 0.15) is 24.8 Å². The van der Waals surface area contributed by atoms with Crippen LogP contribution in [0.3, 0.4) is 0 Å². The zero-order valence-corrected chi connectivity index (χ0v) is 11.2. The van der Waals surface area contributed by atoms with Crippen molar-refractivity contribution in [3.05, 3.63) is 35.9 Å². The molecule has 0 aliphatic carbocycles. The molecule has 0 bridgehead atoms. The Morgan fingerprint density at radius 3 is 2.89 bits per heavy atom. The number of hydrogen-bond donors (Lipinski definition) is 2. The summed E-state index contributed by atoms with van der Waals surface area (Å²) in [7, 11) is 0. The van der Waals surface area contributed by atoms with E-state index in [1.54, 1.807) is 0 Å². The van der Waals surface area contributed by atoms with Crippen molar-refractivity contribution in [2.24, 2.45) is 0 Å². The van der Waals surface area contributed by atoms with Gasteiger partial charge < -0.3 is 15.4 Å². The molecule has 1 saturated heterocycles. The maximum atomic E-state index is 11.8. The van der Waals surface area contributed by atoms with Gasteiger partial charge in [-0.1, -0.05) is 36.8 Å². The third-order valence-electron chi connectivity index (χ3n) is 3.28. The van der Waals surface area contributed by atoms with Gasteiger partial charge in [-0.25, -0.2) is 0 Å². The standard InChI is InChI=1S/C15H22N2O2/c18-15(14-8-4-5-9-16-14)17-10-11-19-12-13-6-2-1-3-7-13/h1-3,6-7,14,16H,4-5,8-12H2,(H,17,18). The summed E-state index contributed by atoms with van der Waals surface area (Å²) in [6, 6.07) is 10.0. The van der Waals surface area contributed by atoms with Gasteiger partial charge in [-0.2, -0.15) is 0 Å².